The van der Waals surface area contributed by atoms with Crippen molar-refractivity contribution in [2.45, 2.75) is 13.8 Å². The second-order valence-electron chi connectivity index (χ2n) is 9.86. The van der Waals surface area contributed by atoms with Gasteiger partial charge in [-0.3, -0.25) is 0 Å². The molecule has 0 aliphatic heterocycles. The Labute approximate surface area is 231 Å². The van der Waals surface area contributed by atoms with Crippen LogP contribution in [0.1, 0.15) is 31.8 Å². The van der Waals surface area contributed by atoms with Gasteiger partial charge in [0, 0.05) is 11.1 Å². The maximum atomic E-state index is 12.5. The summed E-state index contributed by atoms with van der Waals surface area (Å²) in [5, 5.41) is 1.91. The molecule has 0 fully saturated rings. The predicted octanol–water partition coefficient (Wildman–Crippen LogP) is 7.46. The Morgan fingerprint density at radius 2 is 0.975 bits per heavy atom. The Morgan fingerprint density at radius 1 is 0.575 bits per heavy atom. The Kier molecular flexibility index (Phi) is 6.23. The molecule has 0 saturated heterocycles. The van der Waals surface area contributed by atoms with E-state index >= 15 is 0 Å². The predicted molar refractivity (Wildman–Crippen MR) is 158 cm³/mol. The van der Waals surface area contributed by atoms with Crippen LogP contribution in [0.4, 0.5) is 0 Å². The number of methoxy groups -OCH3 is 2. The van der Waals surface area contributed by atoms with Crippen LogP contribution >= 0.6 is 0 Å². The van der Waals surface area contributed by atoms with Crippen molar-refractivity contribution in [2.75, 3.05) is 14.2 Å². The molecule has 196 valence electrons. The van der Waals surface area contributed by atoms with Gasteiger partial charge in [0.05, 0.1) is 47.4 Å². The third-order valence-corrected chi connectivity index (χ3v) is 7.08. The number of fused-ring (bicyclic) bond motifs is 3. The first-order chi connectivity index (χ1) is 19.4. The van der Waals surface area contributed by atoms with E-state index in [-0.39, 0.29) is 0 Å². The molecule has 6 nitrogen and oxygen atoms in total. The van der Waals surface area contributed by atoms with E-state index in [1.807, 2.05) is 86.6 Å². The number of para-hydroxylation sites is 2. The largest absolute Gasteiger partial charge is 0.465 e. The van der Waals surface area contributed by atoms with E-state index in [4.69, 9.17) is 19.4 Å². The quantitative estimate of drug-likeness (QED) is 0.175. The fourth-order valence-corrected chi connectivity index (χ4v) is 5.43. The third-order valence-electron chi connectivity index (χ3n) is 7.08. The van der Waals surface area contributed by atoms with Gasteiger partial charge in [0.15, 0.2) is 0 Å². The van der Waals surface area contributed by atoms with Crippen LogP contribution in [0.2, 0.25) is 0 Å². The van der Waals surface area contributed by atoms with Crippen LogP contribution in [0.5, 0.6) is 0 Å². The highest BCUT2D eigenvalue weighted by molar-refractivity contribution is 6.20. The molecule has 0 aliphatic carbocycles. The first-order valence-electron chi connectivity index (χ1n) is 12.9. The molecular formula is C34H26N2O4. The van der Waals surface area contributed by atoms with Crippen LogP contribution in [-0.2, 0) is 9.47 Å². The monoisotopic (exact) mass is 526 g/mol. The molecule has 1 aromatic heterocycles. The van der Waals surface area contributed by atoms with Gasteiger partial charge >= 0.3 is 11.9 Å². The van der Waals surface area contributed by atoms with Crippen molar-refractivity contribution < 1.29 is 19.1 Å². The molecule has 6 heteroatoms. The number of rotatable bonds is 4. The average molecular weight is 527 g/mol. The van der Waals surface area contributed by atoms with Crippen molar-refractivity contribution in [3.63, 3.8) is 0 Å². The number of hydrogen-bond donors (Lipinski definition) is 0. The second-order valence-corrected chi connectivity index (χ2v) is 9.86. The highest BCUT2D eigenvalue weighted by Crippen LogP contribution is 2.43. The standard InChI is InChI=1S/C34H26N2O4/c1-19-13-21(17-23(15-19)33(37)39-3)29-25-9-5-6-10-26(25)30(22-14-20(2)16-24(18-22)34(38)40-4)32-31(29)35-27-11-7-8-12-28(27)36-32/h5-18H,1-4H3. The number of esters is 2. The summed E-state index contributed by atoms with van der Waals surface area (Å²) >= 11 is 0. The number of aryl methyl sites for hydroxylation is 2. The summed E-state index contributed by atoms with van der Waals surface area (Å²) in [5.74, 6) is -0.802. The van der Waals surface area contributed by atoms with Crippen LogP contribution in [0, 0.1) is 13.8 Å². The zero-order valence-corrected chi connectivity index (χ0v) is 22.6. The molecule has 0 N–H and O–H groups in total. The molecule has 0 atom stereocenters. The van der Waals surface area contributed by atoms with Crippen LogP contribution in [-0.4, -0.2) is 36.1 Å². The first-order valence-corrected chi connectivity index (χ1v) is 12.9. The van der Waals surface area contributed by atoms with Gasteiger partial charge < -0.3 is 9.47 Å². The van der Waals surface area contributed by atoms with Gasteiger partial charge in [0.25, 0.3) is 0 Å². The van der Waals surface area contributed by atoms with Crippen LogP contribution < -0.4 is 0 Å². The summed E-state index contributed by atoms with van der Waals surface area (Å²) in [6, 6.07) is 27.3. The maximum absolute atomic E-state index is 12.5. The van der Waals surface area contributed by atoms with Crippen molar-refractivity contribution >= 4 is 44.8 Å². The summed E-state index contributed by atoms with van der Waals surface area (Å²) < 4.78 is 10.1. The average Bonchev–Trinajstić information content (AvgIpc) is 2.97. The lowest BCUT2D eigenvalue weighted by atomic mass is 9.88. The van der Waals surface area contributed by atoms with E-state index in [2.05, 4.69) is 12.1 Å². The molecule has 6 rings (SSSR count). The van der Waals surface area contributed by atoms with Crippen molar-refractivity contribution in [3.05, 3.63) is 107 Å². The fourth-order valence-electron chi connectivity index (χ4n) is 5.43. The highest BCUT2D eigenvalue weighted by Gasteiger charge is 2.22. The molecule has 0 unspecified atom stereocenters. The Hall–Kier alpha value is -5.10. The summed E-state index contributed by atoms with van der Waals surface area (Å²) in [7, 11) is 2.76. The summed E-state index contributed by atoms with van der Waals surface area (Å²) in [4.78, 5) is 35.4. The lowest BCUT2D eigenvalue weighted by Gasteiger charge is -2.18. The van der Waals surface area contributed by atoms with Crippen LogP contribution in [0.25, 0.3) is 55.1 Å². The third kappa shape index (κ3) is 4.24. The molecule has 0 aliphatic rings. The smallest absolute Gasteiger partial charge is 0.337 e. The van der Waals surface area contributed by atoms with Gasteiger partial charge in [-0.05, 0) is 83.3 Å². The SMILES string of the molecule is COC(=O)c1cc(C)cc(-c2c3ccccc3c(-c3cc(C)cc(C(=O)OC)c3)c3nc4ccccc4nc23)c1. The van der Waals surface area contributed by atoms with E-state index in [1.165, 1.54) is 14.2 Å². The minimum absolute atomic E-state index is 0.401. The molecule has 6 aromatic rings. The van der Waals surface area contributed by atoms with Crippen molar-refractivity contribution in [1.82, 2.24) is 9.97 Å². The van der Waals surface area contributed by atoms with E-state index in [0.29, 0.717) is 22.2 Å². The summed E-state index contributed by atoms with van der Waals surface area (Å²) in [6.07, 6.45) is 0. The van der Waals surface area contributed by atoms with E-state index in [0.717, 1.165) is 55.2 Å². The number of carbonyl (C=O) groups is 2. The van der Waals surface area contributed by atoms with Gasteiger partial charge in [-0.2, -0.15) is 0 Å². The van der Waals surface area contributed by atoms with Gasteiger partial charge in [-0.1, -0.05) is 48.5 Å². The van der Waals surface area contributed by atoms with Gasteiger partial charge in [0.2, 0.25) is 0 Å². The lowest BCUT2D eigenvalue weighted by molar-refractivity contribution is 0.0592. The van der Waals surface area contributed by atoms with Gasteiger partial charge in [-0.25, -0.2) is 19.6 Å². The molecule has 0 bridgehead atoms. The van der Waals surface area contributed by atoms with Crippen LogP contribution in [0.3, 0.4) is 0 Å². The molecular weight excluding hydrogens is 500 g/mol. The molecule has 40 heavy (non-hydrogen) atoms. The van der Waals surface area contributed by atoms with E-state index in [9.17, 15) is 9.59 Å². The van der Waals surface area contributed by atoms with Crippen molar-refractivity contribution in [1.29, 1.82) is 0 Å². The van der Waals surface area contributed by atoms with E-state index < -0.39 is 11.9 Å². The number of ether oxygens (including phenoxy) is 2. The number of hydrogen-bond acceptors (Lipinski definition) is 6. The molecule has 0 spiro atoms. The molecule has 0 radical (unpaired) electrons. The van der Waals surface area contributed by atoms with Gasteiger partial charge in [-0.15, -0.1) is 0 Å². The molecule has 0 amide bonds. The van der Waals surface area contributed by atoms with Crippen molar-refractivity contribution in [2.24, 2.45) is 0 Å². The minimum Gasteiger partial charge on any atom is -0.465 e. The number of carbonyl (C=O) groups excluding carboxylic acids is 2. The summed E-state index contributed by atoms with van der Waals surface area (Å²) in [6.45, 7) is 3.91. The molecule has 5 aromatic carbocycles. The topological polar surface area (TPSA) is 78.4 Å². The highest BCUT2D eigenvalue weighted by atomic mass is 16.5. The zero-order valence-electron chi connectivity index (χ0n) is 22.6. The van der Waals surface area contributed by atoms with E-state index in [1.54, 1.807) is 0 Å². The fraction of sp³-hybridized carbons (Fsp3) is 0.118. The molecule has 0 saturated carbocycles. The summed E-state index contributed by atoms with van der Waals surface area (Å²) in [5.41, 5.74) is 9.16. The maximum Gasteiger partial charge on any atom is 0.337 e. The Bertz CT molecular complexity index is 1850. The lowest BCUT2D eigenvalue weighted by Crippen LogP contribution is -2.03. The first kappa shape index (κ1) is 25.2. The Morgan fingerprint density at radius 3 is 1.38 bits per heavy atom. The van der Waals surface area contributed by atoms with Gasteiger partial charge in [0.1, 0.15) is 0 Å². The van der Waals surface area contributed by atoms with Crippen LogP contribution in [0.15, 0.2) is 84.9 Å². The molecule has 1 heterocycles. The number of nitrogens with zero attached hydrogens (tertiary/aromatic N) is 2. The Balaban J connectivity index is 1.81. The number of aromatic nitrogens is 2. The normalized spacial score (nSPS) is 11.2. The number of benzene rings is 5. The zero-order chi connectivity index (χ0) is 28.0. The minimum atomic E-state index is -0.401. The second kappa shape index (κ2) is 9.89. The van der Waals surface area contributed by atoms with Crippen molar-refractivity contribution in [3.8, 4) is 22.3 Å².